The van der Waals surface area contributed by atoms with Crippen molar-refractivity contribution in [1.82, 2.24) is 14.8 Å². The number of hydrogen-bond acceptors (Lipinski definition) is 4. The Morgan fingerprint density at radius 3 is 2.59 bits per heavy atom. The molecule has 7 heteroatoms. The summed E-state index contributed by atoms with van der Waals surface area (Å²) in [6.45, 7) is 4.35. The van der Waals surface area contributed by atoms with E-state index in [1.54, 1.807) is 45.9 Å². The maximum atomic E-state index is 13.6. The average Bonchev–Trinajstić information content (AvgIpc) is 3.06. The molecule has 1 aromatic heterocycles. The summed E-state index contributed by atoms with van der Waals surface area (Å²) in [4.78, 5) is 41.7. The molecular formula is C25H29N3O4. The number of aliphatic hydroxyl groups is 1. The maximum Gasteiger partial charge on any atom is 0.258 e. The molecule has 0 saturated carbocycles. The summed E-state index contributed by atoms with van der Waals surface area (Å²) in [7, 11) is 0. The van der Waals surface area contributed by atoms with Crippen molar-refractivity contribution in [3.8, 4) is 0 Å². The van der Waals surface area contributed by atoms with Crippen LogP contribution in [-0.4, -0.2) is 45.6 Å². The van der Waals surface area contributed by atoms with E-state index in [1.807, 2.05) is 32.1 Å². The molecule has 0 radical (unpaired) electrons. The molecule has 32 heavy (non-hydrogen) atoms. The van der Waals surface area contributed by atoms with Crippen LogP contribution in [0, 0.1) is 11.8 Å². The van der Waals surface area contributed by atoms with Gasteiger partial charge in [-0.05, 0) is 37.6 Å². The van der Waals surface area contributed by atoms with Crippen LogP contribution in [0.5, 0.6) is 0 Å². The van der Waals surface area contributed by atoms with Gasteiger partial charge in [0.1, 0.15) is 0 Å². The highest BCUT2D eigenvalue weighted by Gasteiger charge is 2.57. The molecule has 2 N–H and O–H groups in total. The zero-order chi connectivity index (χ0) is 22.8. The lowest BCUT2D eigenvalue weighted by atomic mass is 9.86. The normalized spacial score (nSPS) is 23.9. The molecule has 0 unspecified atom stereocenters. The number of nitrogens with zero attached hydrogens (tertiary/aromatic N) is 2. The number of aliphatic hydroxyl groups excluding tert-OH is 1. The minimum absolute atomic E-state index is 0.145. The van der Waals surface area contributed by atoms with Gasteiger partial charge in [-0.2, -0.15) is 0 Å². The van der Waals surface area contributed by atoms with Crippen molar-refractivity contribution >= 4 is 17.9 Å². The summed E-state index contributed by atoms with van der Waals surface area (Å²) in [6.07, 6.45) is 4.35. The van der Waals surface area contributed by atoms with E-state index >= 15 is 0 Å². The summed E-state index contributed by atoms with van der Waals surface area (Å²) >= 11 is 0. The van der Waals surface area contributed by atoms with Gasteiger partial charge in [-0.3, -0.25) is 14.4 Å². The number of allylic oxidation sites excluding steroid dienone is 1. The summed E-state index contributed by atoms with van der Waals surface area (Å²) in [5, 5.41) is 13.2. The van der Waals surface area contributed by atoms with Crippen LogP contribution in [0.2, 0.25) is 0 Å². The summed E-state index contributed by atoms with van der Waals surface area (Å²) in [5.41, 5.74) is 1.58. The number of fused-ring (bicyclic) bond motifs is 4. The fourth-order valence-electron chi connectivity index (χ4n) is 5.10. The van der Waals surface area contributed by atoms with Gasteiger partial charge in [0.25, 0.3) is 11.5 Å². The van der Waals surface area contributed by atoms with Crippen molar-refractivity contribution in [2.24, 2.45) is 11.8 Å². The molecule has 2 aromatic rings. The van der Waals surface area contributed by atoms with Crippen LogP contribution < -0.4 is 10.9 Å². The Morgan fingerprint density at radius 2 is 1.94 bits per heavy atom. The van der Waals surface area contributed by atoms with E-state index in [9.17, 15) is 19.5 Å². The summed E-state index contributed by atoms with van der Waals surface area (Å²) in [6, 6.07) is 11.4. The highest BCUT2D eigenvalue weighted by molar-refractivity contribution is 5.96. The van der Waals surface area contributed by atoms with Gasteiger partial charge in [0.05, 0.1) is 18.0 Å². The number of pyridine rings is 1. The predicted octanol–water partition coefficient (Wildman–Crippen LogP) is 2.21. The first-order chi connectivity index (χ1) is 15.5. The molecule has 4 rings (SSSR count). The molecule has 2 aliphatic heterocycles. The van der Waals surface area contributed by atoms with Crippen LogP contribution in [-0.2, 0) is 11.3 Å². The molecule has 1 fully saturated rings. The minimum atomic E-state index is -0.634. The summed E-state index contributed by atoms with van der Waals surface area (Å²) in [5.74, 6) is -1.48. The second kappa shape index (κ2) is 9.12. The van der Waals surface area contributed by atoms with Crippen LogP contribution in [0.3, 0.4) is 0 Å². The number of carbonyl (C=O) groups excluding carboxylic acids is 2. The van der Waals surface area contributed by atoms with Gasteiger partial charge < -0.3 is 19.9 Å². The van der Waals surface area contributed by atoms with Crippen molar-refractivity contribution in [3.05, 3.63) is 75.7 Å². The number of hydrogen-bond donors (Lipinski definition) is 2. The second-order valence-corrected chi connectivity index (χ2v) is 8.38. The molecule has 7 nitrogen and oxygen atoms in total. The smallest absolute Gasteiger partial charge is 0.258 e. The van der Waals surface area contributed by atoms with E-state index in [0.29, 0.717) is 23.4 Å². The molecule has 2 bridgehead atoms. The third-order valence-corrected chi connectivity index (χ3v) is 6.53. The molecule has 3 heterocycles. The van der Waals surface area contributed by atoms with E-state index in [-0.39, 0.29) is 30.5 Å². The van der Waals surface area contributed by atoms with Gasteiger partial charge >= 0.3 is 0 Å². The zero-order valence-corrected chi connectivity index (χ0v) is 18.4. The Kier molecular flexibility index (Phi) is 6.28. The van der Waals surface area contributed by atoms with E-state index in [0.717, 1.165) is 6.42 Å². The molecule has 2 amide bonds. The Labute approximate surface area is 187 Å². The molecule has 168 valence electrons. The standard InChI is InChI=1S/C25H29N3O4/c1-3-8-16-11-12-19-22-21(23(30)26-13-4-2)18(15-29)20(14-27(19)24(16)31)28(22)25(32)17-9-6-5-7-10-17/h3,5-12,18,20-22,29H,4,13-15H2,1-2H3,(H,26,30)/b8-3-/t18-,20-,21+,22+/m1/s1. The molecule has 2 aliphatic rings. The number of amides is 2. The first-order valence-electron chi connectivity index (χ1n) is 11.2. The number of nitrogens with one attached hydrogen (secondary N) is 1. The van der Waals surface area contributed by atoms with Gasteiger partial charge in [-0.1, -0.05) is 37.3 Å². The maximum absolute atomic E-state index is 13.6. The van der Waals surface area contributed by atoms with Crippen LogP contribution in [0.1, 0.15) is 47.9 Å². The van der Waals surface area contributed by atoms with Crippen LogP contribution in [0.25, 0.3) is 6.08 Å². The Balaban J connectivity index is 1.86. The number of rotatable bonds is 6. The van der Waals surface area contributed by atoms with Crippen LogP contribution >= 0.6 is 0 Å². The Morgan fingerprint density at radius 1 is 1.19 bits per heavy atom. The van der Waals surface area contributed by atoms with Gasteiger partial charge in [0.15, 0.2) is 0 Å². The van der Waals surface area contributed by atoms with Crippen molar-refractivity contribution < 1.29 is 14.7 Å². The third kappa shape index (κ3) is 3.56. The molecule has 1 saturated heterocycles. The zero-order valence-electron chi connectivity index (χ0n) is 18.4. The topological polar surface area (TPSA) is 91.6 Å². The van der Waals surface area contributed by atoms with Crippen molar-refractivity contribution in [2.75, 3.05) is 13.2 Å². The van der Waals surface area contributed by atoms with Gasteiger partial charge in [-0.15, -0.1) is 0 Å². The van der Waals surface area contributed by atoms with E-state index in [1.165, 1.54) is 0 Å². The Hall–Kier alpha value is -3.19. The van der Waals surface area contributed by atoms with Crippen molar-refractivity contribution in [2.45, 2.75) is 38.9 Å². The quantitative estimate of drug-likeness (QED) is 0.728. The first kappa shape index (κ1) is 22.0. The van der Waals surface area contributed by atoms with E-state index < -0.39 is 23.9 Å². The SMILES string of the molecule is C/C=C\c1ccc2n(c1=O)C[C@@H]1[C@@H](CO)[C@H](C(=O)NCCC)[C@H]2N1C(=O)c1ccccc1. The monoisotopic (exact) mass is 435 g/mol. The fraction of sp³-hybridized carbons (Fsp3) is 0.400. The highest BCUT2D eigenvalue weighted by Crippen LogP contribution is 2.48. The molecule has 4 atom stereocenters. The number of aromatic nitrogens is 1. The van der Waals surface area contributed by atoms with E-state index in [4.69, 9.17) is 0 Å². The van der Waals surface area contributed by atoms with Crippen LogP contribution in [0.15, 0.2) is 53.3 Å². The largest absolute Gasteiger partial charge is 0.396 e. The second-order valence-electron chi connectivity index (χ2n) is 8.38. The fourth-order valence-corrected chi connectivity index (χ4v) is 5.10. The summed E-state index contributed by atoms with van der Waals surface area (Å²) < 4.78 is 1.68. The van der Waals surface area contributed by atoms with E-state index in [2.05, 4.69) is 5.32 Å². The minimum Gasteiger partial charge on any atom is -0.396 e. The molecule has 0 spiro atoms. The van der Waals surface area contributed by atoms with Gasteiger partial charge in [-0.25, -0.2) is 0 Å². The third-order valence-electron chi connectivity index (χ3n) is 6.53. The Bertz CT molecular complexity index is 1090. The van der Waals surface area contributed by atoms with Crippen molar-refractivity contribution in [3.63, 3.8) is 0 Å². The van der Waals surface area contributed by atoms with Gasteiger partial charge in [0, 0.05) is 42.4 Å². The lowest BCUT2D eigenvalue weighted by Gasteiger charge is -2.38. The van der Waals surface area contributed by atoms with Crippen molar-refractivity contribution in [1.29, 1.82) is 0 Å². The van der Waals surface area contributed by atoms with Crippen LogP contribution in [0.4, 0.5) is 0 Å². The number of carbonyl (C=O) groups is 2. The highest BCUT2D eigenvalue weighted by atomic mass is 16.3. The lowest BCUT2D eigenvalue weighted by Crippen LogP contribution is -2.49. The predicted molar refractivity (Wildman–Crippen MR) is 122 cm³/mol. The first-order valence-corrected chi connectivity index (χ1v) is 11.2. The average molecular weight is 436 g/mol. The molecular weight excluding hydrogens is 406 g/mol. The van der Waals surface area contributed by atoms with Gasteiger partial charge in [0.2, 0.25) is 5.91 Å². The number of benzene rings is 1. The molecule has 0 aliphatic carbocycles. The molecule has 1 aromatic carbocycles. The lowest BCUT2D eigenvalue weighted by molar-refractivity contribution is -0.127.